The highest BCUT2D eigenvalue weighted by atomic mass is 16.2. The summed E-state index contributed by atoms with van der Waals surface area (Å²) in [5, 5.41) is 6.30. The molecule has 1 aromatic heterocycles. The lowest BCUT2D eigenvalue weighted by Crippen LogP contribution is -2.19. The molecule has 1 heterocycles. The van der Waals surface area contributed by atoms with Crippen molar-refractivity contribution in [2.24, 2.45) is 11.7 Å². The number of para-hydroxylation sites is 1. The van der Waals surface area contributed by atoms with E-state index < -0.39 is 6.03 Å². The lowest BCUT2D eigenvalue weighted by atomic mass is 10.1. The number of rotatable bonds is 5. The van der Waals surface area contributed by atoms with Crippen molar-refractivity contribution in [3.63, 3.8) is 0 Å². The molecule has 0 aliphatic rings. The van der Waals surface area contributed by atoms with E-state index in [4.69, 9.17) is 5.73 Å². The summed E-state index contributed by atoms with van der Waals surface area (Å²) in [5.74, 6) is 0.276. The standard InChI is InChI=1S/C20H22N4O2/c1-13(2)11-24-12-17(16-8-3-4-9-18(16)24)19(25)22-14-6-5-7-15(10-14)23-20(21)26/h3-10,12-13H,11H2,1-2H3,(H,22,25)(H3,21,23,26). The number of nitrogens with zero attached hydrogens (tertiary/aromatic N) is 1. The average Bonchev–Trinajstić information content (AvgIpc) is 2.93. The minimum absolute atomic E-state index is 0.195. The molecule has 0 saturated heterocycles. The number of fused-ring (bicyclic) bond motifs is 1. The molecule has 4 N–H and O–H groups in total. The van der Waals surface area contributed by atoms with Crippen LogP contribution in [-0.2, 0) is 6.54 Å². The lowest BCUT2D eigenvalue weighted by Gasteiger charge is -2.08. The van der Waals surface area contributed by atoms with Gasteiger partial charge in [0.05, 0.1) is 5.56 Å². The van der Waals surface area contributed by atoms with E-state index in [9.17, 15) is 9.59 Å². The number of nitrogens with two attached hydrogens (primary N) is 1. The third-order valence-corrected chi connectivity index (χ3v) is 3.98. The van der Waals surface area contributed by atoms with E-state index in [1.54, 1.807) is 24.3 Å². The molecule has 0 atom stereocenters. The van der Waals surface area contributed by atoms with Gasteiger partial charge >= 0.3 is 6.03 Å². The number of primary amides is 1. The van der Waals surface area contributed by atoms with Gasteiger partial charge in [0, 0.05) is 35.0 Å². The van der Waals surface area contributed by atoms with Crippen LogP contribution in [0.25, 0.3) is 10.9 Å². The average molecular weight is 350 g/mol. The van der Waals surface area contributed by atoms with Crippen LogP contribution in [0.5, 0.6) is 0 Å². The van der Waals surface area contributed by atoms with E-state index in [-0.39, 0.29) is 5.91 Å². The largest absolute Gasteiger partial charge is 0.351 e. The molecular weight excluding hydrogens is 328 g/mol. The topological polar surface area (TPSA) is 89.2 Å². The molecule has 0 aliphatic heterocycles. The Balaban J connectivity index is 1.90. The molecule has 6 nitrogen and oxygen atoms in total. The summed E-state index contributed by atoms with van der Waals surface area (Å²) in [6.45, 7) is 5.13. The van der Waals surface area contributed by atoms with Crippen molar-refractivity contribution in [2.75, 3.05) is 10.6 Å². The first-order chi connectivity index (χ1) is 12.4. The third-order valence-electron chi connectivity index (χ3n) is 3.98. The number of amides is 3. The van der Waals surface area contributed by atoms with Gasteiger partial charge < -0.3 is 20.9 Å². The van der Waals surface area contributed by atoms with E-state index in [1.165, 1.54) is 0 Å². The van der Waals surface area contributed by atoms with Crippen molar-refractivity contribution >= 4 is 34.2 Å². The summed E-state index contributed by atoms with van der Waals surface area (Å²) in [7, 11) is 0. The predicted octanol–water partition coefficient (Wildman–Crippen LogP) is 4.04. The van der Waals surface area contributed by atoms with E-state index >= 15 is 0 Å². The monoisotopic (exact) mass is 350 g/mol. The van der Waals surface area contributed by atoms with Gasteiger partial charge in [0.25, 0.3) is 5.91 Å². The molecule has 0 saturated carbocycles. The molecule has 0 unspecified atom stereocenters. The fourth-order valence-corrected chi connectivity index (χ4v) is 2.99. The number of benzene rings is 2. The Morgan fingerprint density at radius 1 is 1.04 bits per heavy atom. The van der Waals surface area contributed by atoms with Gasteiger partial charge in [-0.1, -0.05) is 38.1 Å². The Hall–Kier alpha value is -3.28. The third kappa shape index (κ3) is 3.85. The first-order valence-corrected chi connectivity index (χ1v) is 8.50. The smallest absolute Gasteiger partial charge is 0.316 e. The van der Waals surface area contributed by atoms with Crippen molar-refractivity contribution < 1.29 is 9.59 Å². The summed E-state index contributed by atoms with van der Waals surface area (Å²) < 4.78 is 2.11. The normalized spacial score (nSPS) is 10.9. The van der Waals surface area contributed by atoms with E-state index in [0.717, 1.165) is 17.4 Å². The molecule has 3 amide bonds. The molecule has 2 aromatic carbocycles. The lowest BCUT2D eigenvalue weighted by molar-refractivity contribution is 0.102. The molecule has 134 valence electrons. The number of carbonyl (C=O) groups is 2. The molecular formula is C20H22N4O2. The number of anilines is 2. The van der Waals surface area contributed by atoms with Gasteiger partial charge in [0.2, 0.25) is 0 Å². The quantitative estimate of drug-likeness (QED) is 0.648. The minimum atomic E-state index is -0.648. The van der Waals surface area contributed by atoms with Gasteiger partial charge in [-0.25, -0.2) is 4.79 Å². The van der Waals surface area contributed by atoms with Gasteiger partial charge in [0.15, 0.2) is 0 Å². The van der Waals surface area contributed by atoms with Gasteiger partial charge in [-0.15, -0.1) is 0 Å². The fraction of sp³-hybridized carbons (Fsp3) is 0.200. The fourth-order valence-electron chi connectivity index (χ4n) is 2.99. The van der Waals surface area contributed by atoms with E-state index in [2.05, 4.69) is 29.0 Å². The SMILES string of the molecule is CC(C)Cn1cc(C(=O)Nc2cccc(NC(N)=O)c2)c2ccccc21. The van der Waals surface area contributed by atoms with Crippen molar-refractivity contribution in [1.82, 2.24) is 4.57 Å². The highest BCUT2D eigenvalue weighted by molar-refractivity contribution is 6.13. The highest BCUT2D eigenvalue weighted by Gasteiger charge is 2.15. The number of aromatic nitrogens is 1. The number of carbonyl (C=O) groups excluding carboxylic acids is 2. The van der Waals surface area contributed by atoms with E-state index in [1.807, 2.05) is 30.5 Å². The van der Waals surface area contributed by atoms with Gasteiger partial charge in [0.1, 0.15) is 0 Å². The summed E-state index contributed by atoms with van der Waals surface area (Å²) in [6.07, 6.45) is 1.89. The summed E-state index contributed by atoms with van der Waals surface area (Å²) in [5.41, 5.74) is 7.90. The predicted molar refractivity (Wildman–Crippen MR) is 104 cm³/mol. The van der Waals surface area contributed by atoms with Crippen LogP contribution in [-0.4, -0.2) is 16.5 Å². The Bertz CT molecular complexity index is 959. The maximum Gasteiger partial charge on any atom is 0.316 e. The zero-order valence-electron chi connectivity index (χ0n) is 14.8. The Morgan fingerprint density at radius 2 is 1.73 bits per heavy atom. The Kier molecular flexibility index (Phi) is 4.93. The summed E-state index contributed by atoms with van der Waals surface area (Å²) in [4.78, 5) is 23.8. The molecule has 0 radical (unpaired) electrons. The molecule has 0 bridgehead atoms. The zero-order valence-corrected chi connectivity index (χ0v) is 14.8. The number of urea groups is 1. The zero-order chi connectivity index (χ0) is 18.7. The van der Waals surface area contributed by atoms with Crippen LogP contribution in [0.3, 0.4) is 0 Å². The van der Waals surface area contributed by atoms with Gasteiger partial charge in [-0.3, -0.25) is 4.79 Å². The molecule has 3 aromatic rings. The van der Waals surface area contributed by atoms with Crippen molar-refractivity contribution in [3.05, 3.63) is 60.3 Å². The van der Waals surface area contributed by atoms with Crippen LogP contribution in [0.4, 0.5) is 16.2 Å². The molecule has 0 spiro atoms. The van der Waals surface area contributed by atoms with Crippen molar-refractivity contribution in [3.8, 4) is 0 Å². The molecule has 0 aliphatic carbocycles. The van der Waals surface area contributed by atoms with Crippen LogP contribution >= 0.6 is 0 Å². The molecule has 3 rings (SSSR count). The molecule has 6 heteroatoms. The van der Waals surface area contributed by atoms with Crippen molar-refractivity contribution in [1.29, 1.82) is 0 Å². The number of nitrogens with one attached hydrogen (secondary N) is 2. The number of hydrogen-bond donors (Lipinski definition) is 3. The van der Waals surface area contributed by atoms with Gasteiger partial charge in [-0.05, 0) is 30.2 Å². The Morgan fingerprint density at radius 3 is 2.42 bits per heavy atom. The maximum atomic E-state index is 12.8. The summed E-state index contributed by atoms with van der Waals surface area (Å²) >= 11 is 0. The molecule has 0 fully saturated rings. The van der Waals surface area contributed by atoms with Crippen LogP contribution in [0.2, 0.25) is 0 Å². The second-order valence-electron chi connectivity index (χ2n) is 6.63. The number of hydrogen-bond acceptors (Lipinski definition) is 2. The summed E-state index contributed by atoms with van der Waals surface area (Å²) in [6, 6.07) is 14.1. The highest BCUT2D eigenvalue weighted by Crippen LogP contribution is 2.24. The van der Waals surface area contributed by atoms with Crippen LogP contribution in [0.15, 0.2) is 54.7 Å². The van der Waals surface area contributed by atoms with Crippen LogP contribution < -0.4 is 16.4 Å². The minimum Gasteiger partial charge on any atom is -0.351 e. The van der Waals surface area contributed by atoms with E-state index in [0.29, 0.717) is 22.9 Å². The second-order valence-corrected chi connectivity index (χ2v) is 6.63. The Labute approximate surface area is 152 Å². The van der Waals surface area contributed by atoms with Crippen molar-refractivity contribution in [2.45, 2.75) is 20.4 Å². The second kappa shape index (κ2) is 7.31. The van der Waals surface area contributed by atoms with Gasteiger partial charge in [-0.2, -0.15) is 0 Å². The maximum absolute atomic E-state index is 12.8. The van der Waals surface area contributed by atoms with Crippen LogP contribution in [0.1, 0.15) is 24.2 Å². The molecule has 26 heavy (non-hydrogen) atoms. The first kappa shape index (κ1) is 17.5. The first-order valence-electron chi connectivity index (χ1n) is 8.50. The van der Waals surface area contributed by atoms with Crippen LogP contribution in [0, 0.1) is 5.92 Å².